The lowest BCUT2D eigenvalue weighted by atomic mass is 9.58. The van der Waals surface area contributed by atoms with Crippen LogP contribution in [0.15, 0.2) is 0 Å². The van der Waals surface area contributed by atoms with Crippen LogP contribution in [-0.4, -0.2) is 44.3 Å². The molecule has 0 aromatic carbocycles. The van der Waals surface area contributed by atoms with E-state index in [1.54, 1.807) is 7.11 Å². The van der Waals surface area contributed by atoms with Gasteiger partial charge in [0.05, 0.1) is 6.61 Å². The Morgan fingerprint density at radius 2 is 1.88 bits per heavy atom. The van der Waals surface area contributed by atoms with Gasteiger partial charge in [0.25, 0.3) is 0 Å². The standard InChI is InChI=1S/C19H32O6/c1-12-6-7-15-13(2)16(21-11-5-10-20-4)22-17-19(15)14(12)8-9-18(3,23-17)24-25-19/h12-17H,5-11H2,1-4H3/t12-,13-,14?,15?,16?,17-,18?,19-/m1/s1. The highest BCUT2D eigenvalue weighted by Gasteiger charge is 2.69. The lowest BCUT2D eigenvalue weighted by Gasteiger charge is -2.60. The summed E-state index contributed by atoms with van der Waals surface area (Å²) < 4.78 is 23.8. The van der Waals surface area contributed by atoms with Gasteiger partial charge in [0.15, 0.2) is 18.2 Å². The van der Waals surface area contributed by atoms with Crippen LogP contribution in [0.1, 0.15) is 52.9 Å². The Morgan fingerprint density at radius 3 is 2.68 bits per heavy atom. The van der Waals surface area contributed by atoms with E-state index in [1.807, 2.05) is 6.92 Å². The summed E-state index contributed by atoms with van der Waals surface area (Å²) in [6.07, 6.45) is 4.38. The second kappa shape index (κ2) is 6.73. The van der Waals surface area contributed by atoms with Crippen LogP contribution in [0, 0.1) is 23.7 Å². The highest BCUT2D eigenvalue weighted by Crippen LogP contribution is 2.60. The second-order valence-electron chi connectivity index (χ2n) is 8.49. The van der Waals surface area contributed by atoms with E-state index in [4.69, 9.17) is 28.7 Å². The Hall–Kier alpha value is -0.240. The van der Waals surface area contributed by atoms with E-state index in [9.17, 15) is 0 Å². The van der Waals surface area contributed by atoms with Crippen LogP contribution in [0.3, 0.4) is 0 Å². The van der Waals surface area contributed by atoms with Gasteiger partial charge < -0.3 is 18.9 Å². The van der Waals surface area contributed by atoms with Crippen molar-refractivity contribution in [3.05, 3.63) is 0 Å². The lowest BCUT2D eigenvalue weighted by Crippen LogP contribution is -2.70. The third kappa shape index (κ3) is 2.86. The van der Waals surface area contributed by atoms with E-state index >= 15 is 0 Å². The zero-order valence-corrected chi connectivity index (χ0v) is 15.9. The van der Waals surface area contributed by atoms with E-state index in [-0.39, 0.29) is 12.2 Å². The minimum atomic E-state index is -0.724. The molecule has 6 heteroatoms. The largest absolute Gasteiger partial charge is 0.385 e. The number of ether oxygens (including phenoxy) is 4. The van der Waals surface area contributed by atoms with Crippen LogP contribution in [0.5, 0.6) is 0 Å². The average Bonchev–Trinajstić information content (AvgIpc) is 2.82. The minimum Gasteiger partial charge on any atom is -0.385 e. The third-order valence-corrected chi connectivity index (χ3v) is 6.87. The van der Waals surface area contributed by atoms with Gasteiger partial charge in [-0.15, -0.1) is 0 Å². The van der Waals surface area contributed by atoms with Gasteiger partial charge in [-0.1, -0.05) is 13.8 Å². The first-order valence-corrected chi connectivity index (χ1v) is 9.81. The molecule has 5 aliphatic rings. The lowest BCUT2D eigenvalue weighted by molar-refractivity contribution is -0.577. The fraction of sp³-hybridized carbons (Fsp3) is 1.00. The average molecular weight is 356 g/mol. The van der Waals surface area contributed by atoms with Crippen LogP contribution in [-0.2, 0) is 28.7 Å². The molecule has 2 bridgehead atoms. The molecule has 1 aliphatic carbocycles. The highest BCUT2D eigenvalue weighted by atomic mass is 17.3. The summed E-state index contributed by atoms with van der Waals surface area (Å²) in [6.45, 7) is 7.82. The predicted molar refractivity (Wildman–Crippen MR) is 89.3 cm³/mol. The zero-order valence-electron chi connectivity index (χ0n) is 15.9. The van der Waals surface area contributed by atoms with Crippen molar-refractivity contribution in [2.45, 2.75) is 76.8 Å². The van der Waals surface area contributed by atoms with Crippen molar-refractivity contribution in [1.82, 2.24) is 0 Å². The van der Waals surface area contributed by atoms with E-state index in [0.717, 1.165) is 25.7 Å². The van der Waals surface area contributed by atoms with Gasteiger partial charge in [-0.2, -0.15) is 0 Å². The molecule has 8 atom stereocenters. The summed E-state index contributed by atoms with van der Waals surface area (Å²) in [4.78, 5) is 11.9. The van der Waals surface area contributed by atoms with Gasteiger partial charge in [-0.25, -0.2) is 9.78 Å². The fourth-order valence-corrected chi connectivity index (χ4v) is 5.47. The highest BCUT2D eigenvalue weighted by molar-refractivity contribution is 5.09. The molecule has 0 aromatic heterocycles. The van der Waals surface area contributed by atoms with Crippen molar-refractivity contribution in [2.24, 2.45) is 23.7 Å². The molecule has 4 saturated heterocycles. The van der Waals surface area contributed by atoms with Crippen LogP contribution >= 0.6 is 0 Å². The number of hydrogen-bond acceptors (Lipinski definition) is 6. The molecule has 4 aliphatic heterocycles. The minimum absolute atomic E-state index is 0.239. The fourth-order valence-electron chi connectivity index (χ4n) is 5.47. The van der Waals surface area contributed by atoms with Crippen molar-refractivity contribution < 1.29 is 28.7 Å². The van der Waals surface area contributed by atoms with Crippen LogP contribution in [0.4, 0.5) is 0 Å². The topological polar surface area (TPSA) is 55.4 Å². The van der Waals surface area contributed by atoms with Gasteiger partial charge >= 0.3 is 0 Å². The Balaban J connectivity index is 1.58. The Kier molecular flexibility index (Phi) is 4.88. The normalized spacial score (nSPS) is 51.8. The molecule has 5 fully saturated rings. The molecule has 1 spiro atoms. The number of fused-ring (bicyclic) bond motifs is 2. The number of rotatable bonds is 5. The van der Waals surface area contributed by atoms with Crippen LogP contribution in [0.25, 0.3) is 0 Å². The Bertz CT molecular complexity index is 487. The summed E-state index contributed by atoms with van der Waals surface area (Å²) in [7, 11) is 1.71. The summed E-state index contributed by atoms with van der Waals surface area (Å²) in [6, 6.07) is 0. The maximum absolute atomic E-state index is 6.35. The van der Waals surface area contributed by atoms with Crippen molar-refractivity contribution in [3.63, 3.8) is 0 Å². The maximum Gasteiger partial charge on any atom is 0.201 e. The van der Waals surface area contributed by atoms with Gasteiger partial charge in [-0.05, 0) is 44.4 Å². The third-order valence-electron chi connectivity index (χ3n) is 6.87. The second-order valence-corrected chi connectivity index (χ2v) is 8.49. The van der Waals surface area contributed by atoms with Gasteiger partial charge in [-0.3, -0.25) is 0 Å². The molecule has 0 amide bonds. The number of methoxy groups -OCH3 is 1. The molecule has 0 radical (unpaired) electrons. The molecule has 0 aromatic rings. The molecule has 5 rings (SSSR count). The van der Waals surface area contributed by atoms with Crippen LogP contribution < -0.4 is 0 Å². The van der Waals surface area contributed by atoms with Crippen molar-refractivity contribution in [1.29, 1.82) is 0 Å². The quantitative estimate of drug-likeness (QED) is 0.557. The molecule has 4 heterocycles. The maximum atomic E-state index is 6.35. The van der Waals surface area contributed by atoms with E-state index in [1.165, 1.54) is 6.42 Å². The summed E-state index contributed by atoms with van der Waals surface area (Å²) in [5, 5.41) is 0. The molecular weight excluding hydrogens is 324 g/mol. The molecular formula is C19H32O6. The first-order valence-electron chi connectivity index (χ1n) is 9.81. The molecule has 1 saturated carbocycles. The van der Waals surface area contributed by atoms with Crippen LogP contribution in [0.2, 0.25) is 0 Å². The summed E-state index contributed by atoms with van der Waals surface area (Å²) >= 11 is 0. The van der Waals surface area contributed by atoms with Crippen molar-refractivity contribution in [2.75, 3.05) is 20.3 Å². The molecule has 4 unspecified atom stereocenters. The van der Waals surface area contributed by atoms with E-state index in [2.05, 4.69) is 13.8 Å². The Morgan fingerprint density at radius 1 is 1.04 bits per heavy atom. The molecule has 25 heavy (non-hydrogen) atoms. The molecule has 0 N–H and O–H groups in total. The summed E-state index contributed by atoms with van der Waals surface area (Å²) in [5.74, 6) is 0.823. The SMILES string of the molecule is COCCCOC1O[C@@H]2OC3(C)CCC4[C@H](C)CCC([C@H]1C)[C@]42OO3. The summed E-state index contributed by atoms with van der Waals surface area (Å²) in [5.41, 5.74) is -0.501. The van der Waals surface area contributed by atoms with E-state index in [0.29, 0.717) is 31.0 Å². The smallest absolute Gasteiger partial charge is 0.201 e. The number of hydrogen-bond donors (Lipinski definition) is 0. The Labute approximate surface area is 150 Å². The first kappa shape index (κ1) is 18.1. The predicted octanol–water partition coefficient (Wildman–Crippen LogP) is 3.25. The van der Waals surface area contributed by atoms with Gasteiger partial charge in [0.2, 0.25) is 5.79 Å². The van der Waals surface area contributed by atoms with Gasteiger partial charge in [0.1, 0.15) is 0 Å². The molecule has 144 valence electrons. The zero-order chi connectivity index (χ0) is 17.7. The van der Waals surface area contributed by atoms with Crippen molar-refractivity contribution in [3.8, 4) is 0 Å². The molecule has 6 nitrogen and oxygen atoms in total. The van der Waals surface area contributed by atoms with Crippen molar-refractivity contribution >= 4 is 0 Å². The monoisotopic (exact) mass is 356 g/mol. The van der Waals surface area contributed by atoms with Gasteiger partial charge in [0, 0.05) is 32.0 Å². The van der Waals surface area contributed by atoms with E-state index < -0.39 is 17.7 Å². The first-order chi connectivity index (χ1) is 12.0.